The molecule has 1 saturated heterocycles. The maximum Gasteiger partial charge on any atom is 0.305 e. The molecule has 0 saturated carbocycles. The van der Waals surface area contributed by atoms with Crippen LogP contribution in [0.1, 0.15) is 32.6 Å². The highest BCUT2D eigenvalue weighted by atomic mass is 16.5. The van der Waals surface area contributed by atoms with Gasteiger partial charge >= 0.3 is 5.97 Å². The minimum absolute atomic E-state index is 0.141. The van der Waals surface area contributed by atoms with Gasteiger partial charge in [-0.2, -0.15) is 0 Å². The third-order valence-electron chi connectivity index (χ3n) is 4.23. The number of esters is 1. The fourth-order valence-corrected chi connectivity index (χ4v) is 3.06. The lowest BCUT2D eigenvalue weighted by atomic mass is 9.90. The van der Waals surface area contributed by atoms with Gasteiger partial charge in [-0.25, -0.2) is 0 Å². The van der Waals surface area contributed by atoms with Gasteiger partial charge in [0.15, 0.2) is 0 Å². The molecular formula is C18H28N2O3. The first-order valence-corrected chi connectivity index (χ1v) is 8.42. The molecule has 0 amide bonds. The van der Waals surface area contributed by atoms with Crippen LogP contribution in [0.25, 0.3) is 0 Å². The highest BCUT2D eigenvalue weighted by molar-refractivity contribution is 5.69. The second kappa shape index (κ2) is 8.77. The van der Waals surface area contributed by atoms with Crippen LogP contribution in [0.4, 0.5) is 5.69 Å². The molecule has 5 heteroatoms. The van der Waals surface area contributed by atoms with Gasteiger partial charge in [0.2, 0.25) is 0 Å². The molecule has 2 atom stereocenters. The van der Waals surface area contributed by atoms with E-state index in [9.17, 15) is 4.79 Å². The molecule has 0 radical (unpaired) electrons. The topological polar surface area (TPSA) is 64.8 Å². The van der Waals surface area contributed by atoms with E-state index in [1.54, 1.807) is 0 Å². The first kappa shape index (κ1) is 17.6. The molecule has 1 fully saturated rings. The quantitative estimate of drug-likeness (QED) is 0.782. The average Bonchev–Trinajstić information content (AvgIpc) is 2.57. The molecule has 1 aromatic carbocycles. The molecule has 1 aromatic rings. The maximum atomic E-state index is 11.3. The van der Waals surface area contributed by atoms with Crippen LogP contribution in [0, 0.1) is 5.92 Å². The number of hydrogen-bond acceptors (Lipinski definition) is 5. The molecule has 2 N–H and O–H groups in total. The number of benzene rings is 1. The zero-order valence-corrected chi connectivity index (χ0v) is 14.2. The van der Waals surface area contributed by atoms with Gasteiger partial charge in [-0.1, -0.05) is 6.92 Å². The third kappa shape index (κ3) is 5.43. The predicted octanol–water partition coefficient (Wildman–Crippen LogP) is 2.58. The maximum absolute atomic E-state index is 11.3. The number of piperidine rings is 1. The lowest BCUT2D eigenvalue weighted by Gasteiger charge is -2.38. The normalized spacial score (nSPS) is 21.1. The second-order valence-corrected chi connectivity index (χ2v) is 6.22. The van der Waals surface area contributed by atoms with Gasteiger partial charge in [-0.3, -0.25) is 4.79 Å². The van der Waals surface area contributed by atoms with E-state index in [0.29, 0.717) is 12.3 Å². The summed E-state index contributed by atoms with van der Waals surface area (Å²) in [6, 6.07) is 8.33. The monoisotopic (exact) mass is 320 g/mol. The molecule has 0 aliphatic carbocycles. The van der Waals surface area contributed by atoms with E-state index < -0.39 is 0 Å². The van der Waals surface area contributed by atoms with E-state index in [4.69, 9.17) is 15.2 Å². The van der Waals surface area contributed by atoms with Crippen molar-refractivity contribution in [3.63, 3.8) is 0 Å². The molecule has 0 aromatic heterocycles. The molecule has 0 bridgehead atoms. The first-order chi connectivity index (χ1) is 11.1. The second-order valence-electron chi connectivity index (χ2n) is 6.22. The summed E-state index contributed by atoms with van der Waals surface area (Å²) in [5, 5.41) is 0. The molecule has 1 aliphatic rings. The van der Waals surface area contributed by atoms with Crippen LogP contribution in [0.5, 0.6) is 5.75 Å². The van der Waals surface area contributed by atoms with Crippen LogP contribution >= 0.6 is 0 Å². The van der Waals surface area contributed by atoms with Gasteiger partial charge in [0, 0.05) is 31.2 Å². The van der Waals surface area contributed by atoms with Crippen LogP contribution in [0.3, 0.4) is 0 Å². The fraction of sp³-hybridized carbons (Fsp3) is 0.611. The lowest BCUT2D eigenvalue weighted by molar-refractivity contribution is -0.141. The number of anilines is 1. The van der Waals surface area contributed by atoms with Crippen LogP contribution in [0.2, 0.25) is 0 Å². The molecule has 23 heavy (non-hydrogen) atoms. The number of nitrogens with two attached hydrogens (primary N) is 1. The molecule has 1 heterocycles. The molecule has 2 rings (SSSR count). The van der Waals surface area contributed by atoms with Crippen LogP contribution in [0.15, 0.2) is 24.3 Å². The average molecular weight is 320 g/mol. The smallest absolute Gasteiger partial charge is 0.305 e. The number of nitrogens with zero attached hydrogens (tertiary/aromatic N) is 1. The highest BCUT2D eigenvalue weighted by Gasteiger charge is 2.25. The number of carbonyl (C=O) groups is 1. The first-order valence-electron chi connectivity index (χ1n) is 8.42. The molecule has 128 valence electrons. The van der Waals surface area contributed by atoms with E-state index >= 15 is 0 Å². The van der Waals surface area contributed by atoms with Crippen molar-refractivity contribution in [3.8, 4) is 5.75 Å². The summed E-state index contributed by atoms with van der Waals surface area (Å²) in [4.78, 5) is 13.6. The largest absolute Gasteiger partial charge is 0.494 e. The molecule has 0 spiro atoms. The molecule has 2 unspecified atom stereocenters. The Bertz CT molecular complexity index is 490. The SMILES string of the molecule is CCCOc1ccc(N2CC(N)CC(CCC(=O)OC)C2)cc1. The number of hydrogen-bond donors (Lipinski definition) is 1. The van der Waals surface area contributed by atoms with Crippen LogP contribution < -0.4 is 15.4 Å². The zero-order chi connectivity index (χ0) is 16.7. The van der Waals surface area contributed by atoms with Crippen molar-refractivity contribution >= 4 is 11.7 Å². The van der Waals surface area contributed by atoms with Gasteiger partial charge in [0.05, 0.1) is 13.7 Å². The van der Waals surface area contributed by atoms with Crippen LogP contribution in [-0.2, 0) is 9.53 Å². The Morgan fingerprint density at radius 3 is 2.70 bits per heavy atom. The standard InChI is InChI=1S/C18H28N2O3/c1-3-10-23-17-7-5-16(6-8-17)20-12-14(11-15(19)13-20)4-9-18(21)22-2/h5-8,14-15H,3-4,9-13,19H2,1-2H3. The van der Waals surface area contributed by atoms with Crippen molar-refractivity contribution in [3.05, 3.63) is 24.3 Å². The number of rotatable bonds is 7. The van der Waals surface area contributed by atoms with E-state index in [1.165, 1.54) is 7.11 Å². The third-order valence-corrected chi connectivity index (χ3v) is 4.23. The Balaban J connectivity index is 1.94. The van der Waals surface area contributed by atoms with E-state index in [2.05, 4.69) is 24.0 Å². The van der Waals surface area contributed by atoms with Crippen molar-refractivity contribution in [1.82, 2.24) is 0 Å². The molecule has 1 aliphatic heterocycles. The van der Waals surface area contributed by atoms with Crippen molar-refractivity contribution in [1.29, 1.82) is 0 Å². The van der Waals surface area contributed by atoms with Gasteiger partial charge in [0.25, 0.3) is 0 Å². The van der Waals surface area contributed by atoms with E-state index in [0.717, 1.165) is 50.4 Å². The van der Waals surface area contributed by atoms with Gasteiger partial charge in [0.1, 0.15) is 5.75 Å². The van der Waals surface area contributed by atoms with Crippen molar-refractivity contribution in [2.75, 3.05) is 31.7 Å². The minimum atomic E-state index is -0.145. The summed E-state index contributed by atoms with van der Waals surface area (Å²) in [7, 11) is 1.43. The van der Waals surface area contributed by atoms with Gasteiger partial charge in [-0.05, 0) is 49.4 Å². The Morgan fingerprint density at radius 2 is 2.04 bits per heavy atom. The number of ether oxygens (including phenoxy) is 2. The van der Waals surface area contributed by atoms with E-state index in [-0.39, 0.29) is 12.0 Å². The lowest BCUT2D eigenvalue weighted by Crippen LogP contribution is -2.47. The van der Waals surface area contributed by atoms with Crippen molar-refractivity contribution < 1.29 is 14.3 Å². The fourth-order valence-electron chi connectivity index (χ4n) is 3.06. The summed E-state index contributed by atoms with van der Waals surface area (Å²) in [6.07, 6.45) is 3.26. The summed E-state index contributed by atoms with van der Waals surface area (Å²) in [6.45, 7) is 4.62. The zero-order valence-electron chi connectivity index (χ0n) is 14.2. The summed E-state index contributed by atoms with van der Waals surface area (Å²) in [5.74, 6) is 1.18. The highest BCUT2D eigenvalue weighted by Crippen LogP contribution is 2.27. The van der Waals surface area contributed by atoms with E-state index in [1.807, 2.05) is 12.1 Å². The molecule has 5 nitrogen and oxygen atoms in total. The Hall–Kier alpha value is -1.75. The summed E-state index contributed by atoms with van der Waals surface area (Å²) >= 11 is 0. The Kier molecular flexibility index (Phi) is 6.71. The van der Waals surface area contributed by atoms with Crippen molar-refractivity contribution in [2.24, 2.45) is 11.7 Å². The number of carbonyl (C=O) groups excluding carboxylic acids is 1. The minimum Gasteiger partial charge on any atom is -0.494 e. The van der Waals surface area contributed by atoms with Crippen LogP contribution in [-0.4, -0.2) is 38.8 Å². The van der Waals surface area contributed by atoms with Crippen molar-refractivity contribution in [2.45, 2.75) is 38.6 Å². The number of methoxy groups -OCH3 is 1. The van der Waals surface area contributed by atoms with Gasteiger partial charge in [-0.15, -0.1) is 0 Å². The molecular weight excluding hydrogens is 292 g/mol. The Morgan fingerprint density at radius 1 is 1.30 bits per heavy atom. The predicted molar refractivity (Wildman–Crippen MR) is 91.8 cm³/mol. The summed E-state index contributed by atoms with van der Waals surface area (Å²) in [5.41, 5.74) is 7.36. The summed E-state index contributed by atoms with van der Waals surface area (Å²) < 4.78 is 10.3. The van der Waals surface area contributed by atoms with Gasteiger partial charge < -0.3 is 20.1 Å². The Labute approximate surface area is 138 Å².